The first-order valence-corrected chi connectivity index (χ1v) is 3.21. The first-order valence-electron chi connectivity index (χ1n) is 3.21. The third kappa shape index (κ3) is 2.13. The van der Waals surface area contributed by atoms with Crippen LogP contribution in [0.15, 0.2) is 12.2 Å². The highest BCUT2D eigenvalue weighted by molar-refractivity contribution is 4.94. The van der Waals surface area contributed by atoms with E-state index < -0.39 is 0 Å². The Bertz CT molecular complexity index is 101. The van der Waals surface area contributed by atoms with Gasteiger partial charge in [0.25, 0.3) is 0 Å². The number of hydrogen-bond donors (Lipinski definition) is 2. The molecule has 0 saturated carbocycles. The molecule has 3 heteroatoms. The van der Waals surface area contributed by atoms with E-state index in [1.165, 1.54) is 5.12 Å². The normalized spacial score (nSPS) is 19.9. The molecule has 0 aliphatic heterocycles. The molecule has 3 nitrogen and oxygen atoms in total. The number of nitrogens with two attached hydrogens (primary N) is 2. The molecule has 0 aromatic carbocycles. The Morgan fingerprint density at radius 3 is 2.33 bits per heavy atom. The quantitative estimate of drug-likeness (QED) is 0.312. The Morgan fingerprint density at radius 2 is 1.89 bits per heavy atom. The summed E-state index contributed by atoms with van der Waals surface area (Å²) in [6.45, 7) is 0.799. The summed E-state index contributed by atoms with van der Waals surface area (Å²) < 4.78 is 0. The van der Waals surface area contributed by atoms with Gasteiger partial charge < -0.3 is 0 Å². The van der Waals surface area contributed by atoms with Crippen molar-refractivity contribution in [2.45, 2.75) is 12.8 Å². The number of rotatable bonds is 2. The van der Waals surface area contributed by atoms with Crippen LogP contribution in [0.4, 0.5) is 0 Å². The van der Waals surface area contributed by atoms with Crippen LogP contribution in [-0.4, -0.2) is 11.7 Å². The Labute approximate surface area is 55.2 Å². The van der Waals surface area contributed by atoms with Crippen LogP contribution in [0.5, 0.6) is 0 Å². The average Bonchev–Trinajstić information content (AvgIpc) is 2.15. The Kier molecular flexibility index (Phi) is 2.22. The highest BCUT2D eigenvalue weighted by Crippen LogP contribution is 2.16. The van der Waals surface area contributed by atoms with Crippen molar-refractivity contribution in [1.82, 2.24) is 5.12 Å². The van der Waals surface area contributed by atoms with Crippen LogP contribution in [0, 0.1) is 5.92 Å². The zero-order valence-electron chi connectivity index (χ0n) is 5.46. The molecule has 1 aliphatic carbocycles. The molecular weight excluding hydrogens is 114 g/mol. The second-order valence-electron chi connectivity index (χ2n) is 2.51. The largest absolute Gasteiger partial charge is 0.255 e. The average molecular weight is 127 g/mol. The van der Waals surface area contributed by atoms with Crippen molar-refractivity contribution in [3.05, 3.63) is 12.2 Å². The van der Waals surface area contributed by atoms with Gasteiger partial charge in [-0.25, -0.2) is 0 Å². The summed E-state index contributed by atoms with van der Waals surface area (Å²) in [5.41, 5.74) is 0. The molecule has 0 heterocycles. The van der Waals surface area contributed by atoms with Gasteiger partial charge in [0.2, 0.25) is 0 Å². The molecular formula is C6H13N3. The van der Waals surface area contributed by atoms with Crippen LogP contribution in [0.25, 0.3) is 0 Å². The van der Waals surface area contributed by atoms with Crippen molar-refractivity contribution in [2.24, 2.45) is 17.6 Å². The molecule has 0 unspecified atom stereocenters. The second-order valence-corrected chi connectivity index (χ2v) is 2.51. The summed E-state index contributed by atoms with van der Waals surface area (Å²) in [5.74, 6) is 11.2. The lowest BCUT2D eigenvalue weighted by molar-refractivity contribution is 0.247. The SMILES string of the molecule is NN(N)CC1CC=CC1. The summed E-state index contributed by atoms with van der Waals surface area (Å²) in [5, 5.41) is 1.26. The maximum atomic E-state index is 5.26. The lowest BCUT2D eigenvalue weighted by atomic mass is 10.1. The summed E-state index contributed by atoms with van der Waals surface area (Å²) in [6.07, 6.45) is 6.61. The molecule has 0 radical (unpaired) electrons. The minimum Gasteiger partial charge on any atom is -0.255 e. The number of allylic oxidation sites excluding steroid dienone is 2. The lowest BCUT2D eigenvalue weighted by Gasteiger charge is -2.13. The van der Waals surface area contributed by atoms with Gasteiger partial charge in [-0.05, 0) is 18.8 Å². The molecule has 1 aliphatic rings. The molecule has 0 spiro atoms. The fourth-order valence-corrected chi connectivity index (χ4v) is 1.12. The molecule has 52 valence electrons. The van der Waals surface area contributed by atoms with Gasteiger partial charge in [-0.3, -0.25) is 11.7 Å². The molecule has 9 heavy (non-hydrogen) atoms. The van der Waals surface area contributed by atoms with E-state index in [4.69, 9.17) is 11.7 Å². The molecule has 0 aromatic rings. The summed E-state index contributed by atoms with van der Waals surface area (Å²) in [7, 11) is 0. The van der Waals surface area contributed by atoms with E-state index >= 15 is 0 Å². The van der Waals surface area contributed by atoms with E-state index in [1.54, 1.807) is 0 Å². The third-order valence-electron chi connectivity index (χ3n) is 1.57. The summed E-state index contributed by atoms with van der Waals surface area (Å²) in [4.78, 5) is 0. The topological polar surface area (TPSA) is 55.3 Å². The Hall–Kier alpha value is -0.380. The molecule has 0 saturated heterocycles. The standard InChI is InChI=1S/C6H13N3/c7-9(8)5-6-3-1-2-4-6/h1-2,6H,3-5,7-8H2. The zero-order valence-corrected chi connectivity index (χ0v) is 5.46. The van der Waals surface area contributed by atoms with Crippen molar-refractivity contribution in [1.29, 1.82) is 0 Å². The van der Waals surface area contributed by atoms with Crippen LogP contribution in [0.3, 0.4) is 0 Å². The highest BCUT2D eigenvalue weighted by atomic mass is 15.6. The summed E-state index contributed by atoms with van der Waals surface area (Å²) >= 11 is 0. The van der Waals surface area contributed by atoms with Gasteiger partial charge in [-0.1, -0.05) is 12.2 Å². The van der Waals surface area contributed by atoms with Crippen LogP contribution in [0.1, 0.15) is 12.8 Å². The van der Waals surface area contributed by atoms with Crippen LogP contribution >= 0.6 is 0 Å². The van der Waals surface area contributed by atoms with Gasteiger partial charge in [0.1, 0.15) is 0 Å². The van der Waals surface area contributed by atoms with Gasteiger partial charge in [0.05, 0.1) is 0 Å². The van der Waals surface area contributed by atoms with Crippen LogP contribution in [-0.2, 0) is 0 Å². The van der Waals surface area contributed by atoms with Crippen molar-refractivity contribution in [3.63, 3.8) is 0 Å². The van der Waals surface area contributed by atoms with E-state index in [0.29, 0.717) is 5.92 Å². The molecule has 4 N–H and O–H groups in total. The van der Waals surface area contributed by atoms with Gasteiger partial charge >= 0.3 is 0 Å². The number of hydrazine groups is 2. The van der Waals surface area contributed by atoms with Crippen molar-refractivity contribution in [2.75, 3.05) is 6.54 Å². The van der Waals surface area contributed by atoms with E-state index in [-0.39, 0.29) is 0 Å². The first-order chi connectivity index (χ1) is 4.29. The van der Waals surface area contributed by atoms with E-state index in [9.17, 15) is 0 Å². The minimum absolute atomic E-state index is 0.653. The van der Waals surface area contributed by atoms with Gasteiger partial charge in [-0.2, -0.15) is 5.12 Å². The molecule has 1 rings (SSSR count). The molecule has 0 bridgehead atoms. The van der Waals surface area contributed by atoms with Crippen molar-refractivity contribution >= 4 is 0 Å². The third-order valence-corrected chi connectivity index (χ3v) is 1.57. The molecule has 0 amide bonds. The fourth-order valence-electron chi connectivity index (χ4n) is 1.12. The number of nitrogens with zero attached hydrogens (tertiary/aromatic N) is 1. The minimum atomic E-state index is 0.653. The molecule has 0 aromatic heterocycles. The van der Waals surface area contributed by atoms with Gasteiger partial charge in [-0.15, -0.1) is 0 Å². The first kappa shape index (κ1) is 6.74. The van der Waals surface area contributed by atoms with E-state index in [0.717, 1.165) is 19.4 Å². The smallest absolute Gasteiger partial charge is 0.0317 e. The maximum Gasteiger partial charge on any atom is 0.0317 e. The van der Waals surface area contributed by atoms with Gasteiger partial charge in [0, 0.05) is 6.54 Å². The molecule has 0 atom stereocenters. The Balaban J connectivity index is 2.14. The number of hydrogen-bond acceptors (Lipinski definition) is 3. The van der Waals surface area contributed by atoms with Crippen LogP contribution < -0.4 is 11.7 Å². The van der Waals surface area contributed by atoms with Crippen molar-refractivity contribution in [3.8, 4) is 0 Å². The van der Waals surface area contributed by atoms with E-state index in [2.05, 4.69) is 12.2 Å². The lowest BCUT2D eigenvalue weighted by Crippen LogP contribution is -2.41. The Morgan fingerprint density at radius 1 is 1.33 bits per heavy atom. The van der Waals surface area contributed by atoms with Crippen LogP contribution in [0.2, 0.25) is 0 Å². The predicted molar refractivity (Wildman–Crippen MR) is 36.9 cm³/mol. The van der Waals surface area contributed by atoms with Gasteiger partial charge in [0.15, 0.2) is 0 Å². The van der Waals surface area contributed by atoms with E-state index in [1.807, 2.05) is 0 Å². The predicted octanol–water partition coefficient (Wildman–Crippen LogP) is 0.00200. The monoisotopic (exact) mass is 127 g/mol. The molecule has 0 fully saturated rings. The highest BCUT2D eigenvalue weighted by Gasteiger charge is 2.10. The fraction of sp³-hybridized carbons (Fsp3) is 0.667. The van der Waals surface area contributed by atoms with Crippen molar-refractivity contribution < 1.29 is 0 Å². The zero-order chi connectivity index (χ0) is 6.69. The maximum absolute atomic E-state index is 5.26. The second kappa shape index (κ2) is 2.96. The summed E-state index contributed by atoms with van der Waals surface area (Å²) in [6, 6.07) is 0.